The summed E-state index contributed by atoms with van der Waals surface area (Å²) in [5, 5.41) is 4.11. The number of nitrogens with zero attached hydrogens (tertiary/aromatic N) is 3. The van der Waals surface area contributed by atoms with Gasteiger partial charge in [0, 0.05) is 24.5 Å². The molecular weight excluding hydrogens is 480 g/mol. The minimum absolute atomic E-state index is 0.0780. The average Bonchev–Trinajstić information content (AvgIpc) is 2.95. The van der Waals surface area contributed by atoms with Gasteiger partial charge in [-0.15, -0.1) is 0 Å². The third kappa shape index (κ3) is 6.05. The average molecular weight is 513 g/mol. The number of carbonyl (C=O) groups is 1. The molecular formula is C30H32N4O2S. The lowest BCUT2D eigenvalue weighted by Crippen LogP contribution is -2.30. The highest BCUT2D eigenvalue weighted by Gasteiger charge is 2.17. The summed E-state index contributed by atoms with van der Waals surface area (Å²) < 4.78 is 1.70. The Morgan fingerprint density at radius 2 is 1.70 bits per heavy atom. The van der Waals surface area contributed by atoms with E-state index < -0.39 is 0 Å². The molecule has 1 saturated heterocycles. The summed E-state index contributed by atoms with van der Waals surface area (Å²) in [6, 6.07) is 23.7. The van der Waals surface area contributed by atoms with Gasteiger partial charge in [-0.3, -0.25) is 14.2 Å². The highest BCUT2D eigenvalue weighted by Crippen LogP contribution is 2.25. The molecule has 1 aromatic heterocycles. The van der Waals surface area contributed by atoms with E-state index in [2.05, 4.69) is 23.2 Å². The van der Waals surface area contributed by atoms with Crippen LogP contribution in [0.3, 0.4) is 0 Å². The maximum atomic E-state index is 13.8. The van der Waals surface area contributed by atoms with Crippen LogP contribution in [0.4, 0.5) is 11.4 Å². The van der Waals surface area contributed by atoms with Crippen LogP contribution in [-0.2, 0) is 17.8 Å². The van der Waals surface area contributed by atoms with Crippen molar-refractivity contribution >= 4 is 39.9 Å². The predicted octanol–water partition coefficient (Wildman–Crippen LogP) is 5.73. The smallest absolute Gasteiger partial charge is 0.262 e. The summed E-state index contributed by atoms with van der Waals surface area (Å²) in [4.78, 5) is 33.7. The van der Waals surface area contributed by atoms with Crippen molar-refractivity contribution in [2.24, 2.45) is 0 Å². The van der Waals surface area contributed by atoms with Crippen LogP contribution in [0.15, 0.2) is 82.7 Å². The Morgan fingerprint density at radius 3 is 2.43 bits per heavy atom. The van der Waals surface area contributed by atoms with Gasteiger partial charge >= 0.3 is 0 Å². The Labute approximate surface area is 221 Å². The Balaban J connectivity index is 1.42. The number of thioether (sulfide) groups is 1. The largest absolute Gasteiger partial charge is 0.372 e. The molecule has 190 valence electrons. The number of hydrogen-bond acceptors (Lipinski definition) is 5. The van der Waals surface area contributed by atoms with Gasteiger partial charge in [0.05, 0.1) is 23.2 Å². The topological polar surface area (TPSA) is 67.2 Å². The lowest BCUT2D eigenvalue weighted by molar-refractivity contribution is -0.113. The molecule has 0 radical (unpaired) electrons. The lowest BCUT2D eigenvalue weighted by atomic mass is 10.1. The molecule has 1 N–H and O–H groups in total. The molecule has 1 fully saturated rings. The number of aryl methyl sites for hydroxylation is 1. The Kier molecular flexibility index (Phi) is 7.90. The van der Waals surface area contributed by atoms with E-state index in [9.17, 15) is 9.59 Å². The minimum atomic E-state index is -0.129. The maximum Gasteiger partial charge on any atom is 0.262 e. The molecule has 37 heavy (non-hydrogen) atoms. The second-order valence-corrected chi connectivity index (χ2v) is 10.4. The van der Waals surface area contributed by atoms with Crippen molar-refractivity contribution in [2.45, 2.75) is 44.3 Å². The summed E-state index contributed by atoms with van der Waals surface area (Å²) in [6.45, 7) is 4.53. The van der Waals surface area contributed by atoms with E-state index in [0.717, 1.165) is 36.4 Å². The second-order valence-electron chi connectivity index (χ2n) is 9.41. The van der Waals surface area contributed by atoms with Gasteiger partial charge in [0.15, 0.2) is 5.16 Å². The first kappa shape index (κ1) is 25.1. The number of piperidine rings is 1. The number of hydrogen-bond donors (Lipinski definition) is 1. The van der Waals surface area contributed by atoms with Gasteiger partial charge in [-0.25, -0.2) is 4.98 Å². The molecule has 0 bridgehead atoms. The van der Waals surface area contributed by atoms with Crippen LogP contribution >= 0.6 is 11.8 Å². The van der Waals surface area contributed by atoms with E-state index in [1.165, 1.54) is 36.6 Å². The van der Waals surface area contributed by atoms with Crippen LogP contribution < -0.4 is 15.8 Å². The minimum Gasteiger partial charge on any atom is -0.372 e. The second kappa shape index (κ2) is 11.6. The third-order valence-electron chi connectivity index (χ3n) is 6.79. The van der Waals surface area contributed by atoms with Gasteiger partial charge < -0.3 is 10.2 Å². The van der Waals surface area contributed by atoms with Gasteiger partial charge in [-0.1, -0.05) is 61.2 Å². The van der Waals surface area contributed by atoms with Crippen LogP contribution in [0.1, 0.15) is 37.3 Å². The Bertz CT molecular complexity index is 1430. The molecule has 1 amide bonds. The molecule has 0 saturated carbocycles. The first-order valence-corrected chi connectivity index (χ1v) is 13.9. The number of fused-ring (bicyclic) bond motifs is 1. The van der Waals surface area contributed by atoms with Crippen molar-refractivity contribution in [3.8, 4) is 0 Å². The zero-order valence-corrected chi connectivity index (χ0v) is 22.0. The third-order valence-corrected chi connectivity index (χ3v) is 7.76. The van der Waals surface area contributed by atoms with E-state index >= 15 is 0 Å². The van der Waals surface area contributed by atoms with Gasteiger partial charge in [0.1, 0.15) is 0 Å². The van der Waals surface area contributed by atoms with E-state index in [-0.39, 0.29) is 17.2 Å². The van der Waals surface area contributed by atoms with E-state index in [4.69, 9.17) is 4.98 Å². The number of carbonyl (C=O) groups excluding carboxylic acids is 1. The SMILES string of the molecule is CCc1ccc(NC(=O)CSc2nc3ccc(N4CCCCC4)cc3c(=O)n2Cc2ccccc2)cc1. The number of aromatic nitrogens is 2. The van der Waals surface area contributed by atoms with Crippen LogP contribution in [0, 0.1) is 0 Å². The number of amides is 1. The normalized spacial score (nSPS) is 13.6. The molecule has 4 aromatic rings. The van der Waals surface area contributed by atoms with Crippen molar-refractivity contribution in [1.82, 2.24) is 9.55 Å². The van der Waals surface area contributed by atoms with E-state index in [0.29, 0.717) is 22.6 Å². The van der Waals surface area contributed by atoms with E-state index in [1.54, 1.807) is 4.57 Å². The van der Waals surface area contributed by atoms with Gasteiger partial charge in [0.25, 0.3) is 5.56 Å². The molecule has 6 nitrogen and oxygen atoms in total. The highest BCUT2D eigenvalue weighted by molar-refractivity contribution is 7.99. The fraction of sp³-hybridized carbons (Fsp3) is 0.300. The Morgan fingerprint density at radius 1 is 0.946 bits per heavy atom. The maximum absolute atomic E-state index is 13.8. The molecule has 1 aliphatic rings. The van der Waals surface area contributed by atoms with Crippen LogP contribution in [0.2, 0.25) is 0 Å². The summed E-state index contributed by atoms with van der Waals surface area (Å²) in [5.74, 6) is 0.0315. The zero-order chi connectivity index (χ0) is 25.6. The first-order chi connectivity index (χ1) is 18.1. The van der Waals surface area contributed by atoms with Crippen molar-refractivity contribution in [1.29, 1.82) is 0 Å². The van der Waals surface area contributed by atoms with Crippen molar-refractivity contribution in [3.63, 3.8) is 0 Å². The van der Waals surface area contributed by atoms with Gasteiger partial charge in [0.2, 0.25) is 5.91 Å². The standard InChI is InChI=1S/C30H32N4O2S/c1-2-22-11-13-24(14-12-22)31-28(35)21-37-30-32-27-16-15-25(33-17-7-4-8-18-33)19-26(27)29(36)34(30)20-23-9-5-3-6-10-23/h3,5-6,9-16,19H,2,4,7-8,17-18,20-21H2,1H3,(H,31,35). The van der Waals surface area contributed by atoms with Crippen molar-refractivity contribution in [3.05, 3.63) is 94.3 Å². The van der Waals surface area contributed by atoms with Crippen LogP contribution in [0.25, 0.3) is 10.9 Å². The molecule has 1 aliphatic heterocycles. The highest BCUT2D eigenvalue weighted by atomic mass is 32.2. The number of rotatable bonds is 8. The number of benzene rings is 3. The summed E-state index contributed by atoms with van der Waals surface area (Å²) in [5.41, 5.74) is 4.66. The molecule has 7 heteroatoms. The van der Waals surface area contributed by atoms with Crippen molar-refractivity contribution < 1.29 is 4.79 Å². The fourth-order valence-corrected chi connectivity index (χ4v) is 5.50. The van der Waals surface area contributed by atoms with Crippen LogP contribution in [0.5, 0.6) is 0 Å². The van der Waals surface area contributed by atoms with Gasteiger partial charge in [-0.05, 0) is 67.1 Å². The molecule has 0 aliphatic carbocycles. The predicted molar refractivity (Wildman–Crippen MR) is 153 cm³/mol. The quantitative estimate of drug-likeness (QED) is 0.241. The number of anilines is 2. The summed E-state index contributed by atoms with van der Waals surface area (Å²) in [6.07, 6.45) is 4.56. The number of nitrogens with one attached hydrogen (secondary N) is 1. The van der Waals surface area contributed by atoms with E-state index in [1.807, 2.05) is 66.7 Å². The first-order valence-electron chi connectivity index (χ1n) is 13.0. The fourth-order valence-electron chi connectivity index (χ4n) is 4.70. The lowest BCUT2D eigenvalue weighted by Gasteiger charge is -2.29. The summed E-state index contributed by atoms with van der Waals surface area (Å²) in [7, 11) is 0. The Hall–Kier alpha value is -3.58. The van der Waals surface area contributed by atoms with Gasteiger partial charge in [-0.2, -0.15) is 0 Å². The molecule has 3 aromatic carbocycles. The molecule has 2 heterocycles. The van der Waals surface area contributed by atoms with Crippen LogP contribution in [-0.4, -0.2) is 34.3 Å². The monoisotopic (exact) mass is 512 g/mol. The molecule has 0 unspecified atom stereocenters. The summed E-state index contributed by atoms with van der Waals surface area (Å²) >= 11 is 1.29. The molecule has 5 rings (SSSR count). The van der Waals surface area contributed by atoms with Crippen molar-refractivity contribution in [2.75, 3.05) is 29.1 Å². The molecule has 0 spiro atoms. The molecule has 0 atom stereocenters. The zero-order valence-electron chi connectivity index (χ0n) is 21.2.